The predicted molar refractivity (Wildman–Crippen MR) is 83.6 cm³/mol. The third kappa shape index (κ3) is 4.30. The van der Waals surface area contributed by atoms with Gasteiger partial charge in [-0.05, 0) is 12.1 Å². The summed E-state index contributed by atoms with van der Waals surface area (Å²) in [5.41, 5.74) is 1.22. The Morgan fingerprint density at radius 3 is 2.67 bits per heavy atom. The third-order valence-electron chi connectivity index (χ3n) is 2.64. The number of carbonyl (C=O) groups is 1. The Kier molecular flexibility index (Phi) is 5.39. The Hall–Kier alpha value is -1.37. The van der Waals surface area contributed by atoms with Crippen molar-refractivity contribution in [3.8, 4) is 0 Å². The standard InChI is InChI=1S/C13H12Cl2FN3OS/c1-17-11(20)4-12-19-8(6-21-12)5-18-13-9(14)2-7(16)3-10(13)15/h2-3,6,18H,4-5H2,1H3,(H,17,20). The Morgan fingerprint density at radius 1 is 1.38 bits per heavy atom. The number of benzene rings is 1. The number of nitrogens with one attached hydrogen (secondary N) is 2. The van der Waals surface area contributed by atoms with E-state index in [0.717, 1.165) is 10.7 Å². The Balaban J connectivity index is 2.02. The lowest BCUT2D eigenvalue weighted by molar-refractivity contribution is -0.119. The number of halogens is 3. The molecule has 8 heteroatoms. The zero-order valence-corrected chi connectivity index (χ0v) is 13.4. The van der Waals surface area contributed by atoms with Gasteiger partial charge >= 0.3 is 0 Å². The number of anilines is 1. The molecule has 4 nitrogen and oxygen atoms in total. The first-order chi connectivity index (χ1) is 9.99. The lowest BCUT2D eigenvalue weighted by atomic mass is 10.3. The number of carbonyl (C=O) groups excluding carboxylic acids is 1. The highest BCUT2D eigenvalue weighted by molar-refractivity contribution is 7.09. The first-order valence-corrected chi connectivity index (χ1v) is 7.65. The van der Waals surface area contributed by atoms with Crippen molar-refractivity contribution >= 4 is 46.1 Å². The van der Waals surface area contributed by atoms with Crippen molar-refractivity contribution in [1.82, 2.24) is 10.3 Å². The van der Waals surface area contributed by atoms with Gasteiger partial charge in [0.1, 0.15) is 10.8 Å². The molecule has 0 atom stereocenters. The SMILES string of the molecule is CNC(=O)Cc1nc(CNc2c(Cl)cc(F)cc2Cl)cs1. The van der Waals surface area contributed by atoms with Gasteiger partial charge in [0.25, 0.3) is 0 Å². The molecule has 0 unspecified atom stereocenters. The number of hydrogen-bond acceptors (Lipinski definition) is 4. The molecular weight excluding hydrogens is 336 g/mol. The summed E-state index contributed by atoms with van der Waals surface area (Å²) in [6, 6.07) is 2.38. The van der Waals surface area contributed by atoms with Gasteiger partial charge in [-0.1, -0.05) is 23.2 Å². The van der Waals surface area contributed by atoms with Gasteiger partial charge < -0.3 is 10.6 Å². The summed E-state index contributed by atoms with van der Waals surface area (Å²) < 4.78 is 13.1. The molecule has 0 aliphatic heterocycles. The quantitative estimate of drug-likeness (QED) is 0.870. The second-order valence-electron chi connectivity index (χ2n) is 4.18. The van der Waals surface area contributed by atoms with Gasteiger partial charge in [0.05, 0.1) is 34.4 Å². The number of thiazole rings is 1. The van der Waals surface area contributed by atoms with Crippen molar-refractivity contribution in [3.05, 3.63) is 44.1 Å². The van der Waals surface area contributed by atoms with E-state index >= 15 is 0 Å². The van der Waals surface area contributed by atoms with Crippen molar-refractivity contribution in [3.63, 3.8) is 0 Å². The number of nitrogens with zero attached hydrogens (tertiary/aromatic N) is 1. The van der Waals surface area contributed by atoms with E-state index in [2.05, 4.69) is 15.6 Å². The van der Waals surface area contributed by atoms with Crippen LogP contribution >= 0.6 is 34.5 Å². The summed E-state index contributed by atoms with van der Waals surface area (Å²) in [6.07, 6.45) is 0.249. The second-order valence-corrected chi connectivity index (χ2v) is 5.94. The fourth-order valence-corrected chi connectivity index (χ4v) is 3.01. The first-order valence-electron chi connectivity index (χ1n) is 6.02. The van der Waals surface area contributed by atoms with Gasteiger partial charge in [-0.2, -0.15) is 0 Å². The van der Waals surface area contributed by atoms with Crippen LogP contribution in [0.15, 0.2) is 17.5 Å². The van der Waals surface area contributed by atoms with Gasteiger partial charge in [0.15, 0.2) is 0 Å². The van der Waals surface area contributed by atoms with Gasteiger partial charge in [0.2, 0.25) is 5.91 Å². The van der Waals surface area contributed by atoms with Crippen molar-refractivity contribution in [2.45, 2.75) is 13.0 Å². The molecule has 21 heavy (non-hydrogen) atoms. The van der Waals surface area contributed by atoms with Crippen LogP contribution in [0.5, 0.6) is 0 Å². The van der Waals surface area contributed by atoms with Gasteiger partial charge in [-0.3, -0.25) is 4.79 Å². The average Bonchev–Trinajstić information content (AvgIpc) is 2.85. The molecule has 0 aliphatic carbocycles. The molecule has 112 valence electrons. The predicted octanol–water partition coefficient (Wildman–Crippen LogP) is 3.49. The maximum Gasteiger partial charge on any atom is 0.226 e. The number of likely N-dealkylation sites (N-methyl/N-ethyl adjacent to an activating group) is 1. The van der Waals surface area contributed by atoms with Gasteiger partial charge in [-0.15, -0.1) is 11.3 Å². The molecule has 0 aliphatic rings. The maximum atomic E-state index is 13.1. The van der Waals surface area contributed by atoms with Crippen LogP contribution in [0, 0.1) is 5.82 Å². The lowest BCUT2D eigenvalue weighted by Crippen LogP contribution is -2.19. The van der Waals surface area contributed by atoms with Crippen LogP contribution in [-0.2, 0) is 17.8 Å². The monoisotopic (exact) mass is 347 g/mol. The summed E-state index contributed by atoms with van der Waals surface area (Å²) in [4.78, 5) is 15.6. The summed E-state index contributed by atoms with van der Waals surface area (Å²) in [5, 5.41) is 8.55. The largest absolute Gasteiger partial charge is 0.377 e. The molecule has 0 fully saturated rings. The van der Waals surface area contributed by atoms with Crippen LogP contribution in [-0.4, -0.2) is 17.9 Å². The molecule has 1 amide bonds. The average molecular weight is 348 g/mol. The van der Waals surface area contributed by atoms with E-state index in [0.29, 0.717) is 12.2 Å². The number of aromatic nitrogens is 1. The highest BCUT2D eigenvalue weighted by atomic mass is 35.5. The topological polar surface area (TPSA) is 54.0 Å². The van der Waals surface area contributed by atoms with E-state index in [1.54, 1.807) is 7.05 Å². The molecule has 0 radical (unpaired) electrons. The molecular formula is C13H12Cl2FN3OS. The minimum atomic E-state index is -0.489. The Morgan fingerprint density at radius 2 is 2.05 bits per heavy atom. The molecule has 0 saturated heterocycles. The Labute approximate surface area is 135 Å². The first kappa shape index (κ1) is 16.0. The zero-order chi connectivity index (χ0) is 15.4. The summed E-state index contributed by atoms with van der Waals surface area (Å²) >= 11 is 13.3. The fourth-order valence-electron chi connectivity index (χ4n) is 1.63. The third-order valence-corrected chi connectivity index (χ3v) is 4.14. The zero-order valence-electron chi connectivity index (χ0n) is 11.0. The van der Waals surface area contributed by atoms with E-state index in [9.17, 15) is 9.18 Å². The van der Waals surface area contributed by atoms with Crippen LogP contribution in [0.3, 0.4) is 0 Å². The molecule has 0 bridgehead atoms. The minimum Gasteiger partial charge on any atom is -0.377 e. The smallest absolute Gasteiger partial charge is 0.226 e. The summed E-state index contributed by atoms with van der Waals surface area (Å²) in [7, 11) is 1.58. The maximum absolute atomic E-state index is 13.1. The molecule has 1 aromatic heterocycles. The van der Waals surface area contributed by atoms with Crippen molar-refractivity contribution in [2.24, 2.45) is 0 Å². The fraction of sp³-hybridized carbons (Fsp3) is 0.231. The molecule has 2 rings (SSSR count). The molecule has 1 aromatic carbocycles. The second kappa shape index (κ2) is 7.06. The van der Waals surface area contributed by atoms with E-state index in [1.807, 2.05) is 5.38 Å². The number of rotatable bonds is 5. The summed E-state index contributed by atoms with van der Waals surface area (Å²) in [6.45, 7) is 0.384. The molecule has 1 heterocycles. The van der Waals surface area contributed by atoms with Crippen molar-refractivity contribution in [2.75, 3.05) is 12.4 Å². The molecule has 2 N–H and O–H groups in total. The van der Waals surface area contributed by atoms with Crippen molar-refractivity contribution < 1.29 is 9.18 Å². The van der Waals surface area contributed by atoms with Crippen LogP contribution in [0.4, 0.5) is 10.1 Å². The van der Waals surface area contributed by atoms with Gasteiger partial charge in [-0.25, -0.2) is 9.37 Å². The van der Waals surface area contributed by atoms with Crippen LogP contribution in [0.2, 0.25) is 10.0 Å². The van der Waals surface area contributed by atoms with Gasteiger partial charge in [0, 0.05) is 12.4 Å². The van der Waals surface area contributed by atoms with Crippen LogP contribution in [0.25, 0.3) is 0 Å². The minimum absolute atomic E-state index is 0.0894. The number of hydrogen-bond donors (Lipinski definition) is 2. The van der Waals surface area contributed by atoms with E-state index in [4.69, 9.17) is 23.2 Å². The Bertz CT molecular complexity index is 640. The highest BCUT2D eigenvalue weighted by Gasteiger charge is 2.10. The molecule has 2 aromatic rings. The van der Waals surface area contributed by atoms with E-state index in [-0.39, 0.29) is 22.4 Å². The molecule has 0 saturated carbocycles. The van der Waals surface area contributed by atoms with Crippen LogP contribution < -0.4 is 10.6 Å². The van der Waals surface area contributed by atoms with Crippen LogP contribution in [0.1, 0.15) is 10.7 Å². The van der Waals surface area contributed by atoms with E-state index < -0.39 is 5.82 Å². The number of amides is 1. The molecule has 0 spiro atoms. The van der Waals surface area contributed by atoms with Crippen molar-refractivity contribution in [1.29, 1.82) is 0 Å². The normalized spacial score (nSPS) is 10.5. The van der Waals surface area contributed by atoms with E-state index in [1.165, 1.54) is 23.5 Å². The lowest BCUT2D eigenvalue weighted by Gasteiger charge is -2.09. The summed E-state index contributed by atoms with van der Waals surface area (Å²) in [5.74, 6) is -0.578. The highest BCUT2D eigenvalue weighted by Crippen LogP contribution is 2.31.